The van der Waals surface area contributed by atoms with E-state index in [1.165, 1.54) is 0 Å². The van der Waals surface area contributed by atoms with E-state index < -0.39 is 0 Å². The number of rotatable bonds is 1. The van der Waals surface area contributed by atoms with Gasteiger partial charge in [0.15, 0.2) is 0 Å². The number of para-hydroxylation sites is 2. The smallest absolute Gasteiger partial charge is 0.200 e. The minimum absolute atomic E-state index is 0.000747. The third kappa shape index (κ3) is 2.70. The molecule has 0 unspecified atom stereocenters. The van der Waals surface area contributed by atoms with Crippen LogP contribution >= 0.6 is 0 Å². The molecule has 0 atom stereocenters. The summed E-state index contributed by atoms with van der Waals surface area (Å²) in [4.78, 5) is 13.4. The Bertz CT molecular complexity index is 2300. The Morgan fingerprint density at radius 3 is 2.24 bits per heavy atom. The summed E-state index contributed by atoms with van der Waals surface area (Å²) in [5.41, 5.74) is 8.05. The second kappa shape index (κ2) is 7.11. The van der Waals surface area contributed by atoms with Crippen LogP contribution in [0, 0.1) is 13.8 Å². The molecule has 176 valence electrons. The quantitative estimate of drug-likeness (QED) is 0.222. The highest BCUT2D eigenvalue weighted by Crippen LogP contribution is 2.40. The van der Waals surface area contributed by atoms with E-state index in [1.807, 2.05) is 68.4 Å². The molecular weight excluding hydrogens is 458 g/mol. The minimum Gasteiger partial charge on any atom is -0.455 e. The molecule has 0 saturated heterocycles. The fourth-order valence-electron chi connectivity index (χ4n) is 5.95. The van der Waals surface area contributed by atoms with Crippen LogP contribution in [0.2, 0.25) is 0 Å². The molecule has 0 aliphatic heterocycles. The molecule has 0 radical (unpaired) electrons. The molecule has 8 rings (SSSR count). The van der Waals surface area contributed by atoms with E-state index in [2.05, 4.69) is 41.0 Å². The van der Waals surface area contributed by atoms with Gasteiger partial charge in [-0.15, -0.1) is 0 Å². The summed E-state index contributed by atoms with van der Waals surface area (Å²) in [5, 5.41) is 5.63. The van der Waals surface area contributed by atoms with Crippen LogP contribution in [-0.2, 0) is 0 Å². The Morgan fingerprint density at radius 1 is 0.595 bits per heavy atom. The molecule has 0 N–H and O–H groups in total. The summed E-state index contributed by atoms with van der Waals surface area (Å²) in [6.07, 6.45) is 0. The fraction of sp³-hybridized carbons (Fsp3) is 0.0606. The van der Waals surface area contributed by atoms with E-state index in [0.717, 1.165) is 60.6 Å². The number of hydrogen-bond donors (Lipinski definition) is 0. The first-order valence-electron chi connectivity index (χ1n) is 12.4. The highest BCUT2D eigenvalue weighted by Gasteiger charge is 2.19. The van der Waals surface area contributed by atoms with Crippen molar-refractivity contribution in [1.29, 1.82) is 0 Å². The number of benzene rings is 5. The molecule has 3 aromatic heterocycles. The summed E-state index contributed by atoms with van der Waals surface area (Å²) >= 11 is 0. The van der Waals surface area contributed by atoms with Crippen molar-refractivity contribution in [3.63, 3.8) is 0 Å². The first-order valence-corrected chi connectivity index (χ1v) is 12.4. The van der Waals surface area contributed by atoms with Gasteiger partial charge in [-0.2, -0.15) is 0 Å². The normalized spacial score (nSPS) is 12.2. The zero-order valence-corrected chi connectivity index (χ0v) is 20.3. The van der Waals surface area contributed by atoms with E-state index >= 15 is 0 Å². The van der Waals surface area contributed by atoms with Crippen LogP contribution in [0.5, 0.6) is 0 Å². The Morgan fingerprint density at radius 2 is 1.35 bits per heavy atom. The van der Waals surface area contributed by atoms with Crippen LogP contribution in [0.15, 0.2) is 105 Å². The standard InChI is InChI=1S/C33H21NO3/c1-18-15-19(2)32-25(16-18)31(35)24-12-11-20(17-29(24)37-32)34-26-9-5-3-8-23(26)30-27(34)14-13-22-21-7-4-6-10-28(21)36-33(22)30/h3-17H,1-2H3. The third-order valence-corrected chi connectivity index (χ3v) is 7.52. The number of hydrogen-bond acceptors (Lipinski definition) is 3. The van der Waals surface area contributed by atoms with Crippen molar-refractivity contribution >= 4 is 65.7 Å². The number of aryl methyl sites for hydroxylation is 2. The summed E-state index contributed by atoms with van der Waals surface area (Å²) in [7, 11) is 0. The van der Waals surface area contributed by atoms with Crippen molar-refractivity contribution in [3.05, 3.63) is 112 Å². The van der Waals surface area contributed by atoms with Gasteiger partial charge in [-0.3, -0.25) is 4.79 Å². The molecule has 0 saturated carbocycles. The molecular formula is C33H21NO3. The predicted molar refractivity (Wildman–Crippen MR) is 151 cm³/mol. The van der Waals surface area contributed by atoms with Gasteiger partial charge in [-0.05, 0) is 67.4 Å². The summed E-state index contributed by atoms with van der Waals surface area (Å²) in [5.74, 6) is 0. The zero-order chi connectivity index (χ0) is 24.8. The summed E-state index contributed by atoms with van der Waals surface area (Å²) < 4.78 is 15.0. The van der Waals surface area contributed by atoms with Crippen molar-refractivity contribution in [2.45, 2.75) is 13.8 Å². The lowest BCUT2D eigenvalue weighted by atomic mass is 10.1. The van der Waals surface area contributed by atoms with E-state index in [9.17, 15) is 4.79 Å². The SMILES string of the molecule is Cc1cc(C)c2oc3cc(-n4c5ccccc5c5c6oc7ccccc7c6ccc54)ccc3c(=O)c2c1. The van der Waals surface area contributed by atoms with Crippen LogP contribution in [-0.4, -0.2) is 4.57 Å². The van der Waals surface area contributed by atoms with Crippen LogP contribution < -0.4 is 5.43 Å². The molecule has 37 heavy (non-hydrogen) atoms. The topological polar surface area (TPSA) is 48.3 Å². The molecule has 0 amide bonds. The van der Waals surface area contributed by atoms with Crippen molar-refractivity contribution < 1.29 is 8.83 Å². The van der Waals surface area contributed by atoms with Crippen molar-refractivity contribution in [1.82, 2.24) is 4.57 Å². The average Bonchev–Trinajstić information content (AvgIpc) is 3.45. The fourth-order valence-corrected chi connectivity index (χ4v) is 5.95. The van der Waals surface area contributed by atoms with Gasteiger partial charge in [0.25, 0.3) is 0 Å². The molecule has 0 fully saturated rings. The van der Waals surface area contributed by atoms with Crippen LogP contribution in [0.1, 0.15) is 11.1 Å². The Labute approximate surface area is 210 Å². The average molecular weight is 480 g/mol. The van der Waals surface area contributed by atoms with E-state index in [1.54, 1.807) is 0 Å². The highest BCUT2D eigenvalue weighted by molar-refractivity contribution is 6.23. The van der Waals surface area contributed by atoms with Gasteiger partial charge in [0.2, 0.25) is 5.43 Å². The van der Waals surface area contributed by atoms with Crippen molar-refractivity contribution in [2.24, 2.45) is 0 Å². The van der Waals surface area contributed by atoms with Gasteiger partial charge in [-0.1, -0.05) is 42.5 Å². The van der Waals surface area contributed by atoms with E-state index in [4.69, 9.17) is 8.83 Å². The summed E-state index contributed by atoms with van der Waals surface area (Å²) in [6, 6.07) is 30.6. The maximum Gasteiger partial charge on any atom is 0.200 e. The van der Waals surface area contributed by atoms with Crippen LogP contribution in [0.4, 0.5) is 0 Å². The zero-order valence-electron chi connectivity index (χ0n) is 20.3. The van der Waals surface area contributed by atoms with Crippen molar-refractivity contribution in [2.75, 3.05) is 0 Å². The number of furan rings is 1. The monoisotopic (exact) mass is 479 g/mol. The van der Waals surface area contributed by atoms with Crippen LogP contribution in [0.3, 0.4) is 0 Å². The second-order valence-corrected chi connectivity index (χ2v) is 9.86. The van der Waals surface area contributed by atoms with Gasteiger partial charge in [0.1, 0.15) is 22.3 Å². The lowest BCUT2D eigenvalue weighted by Crippen LogP contribution is -2.04. The van der Waals surface area contributed by atoms with Gasteiger partial charge in [0.05, 0.1) is 27.2 Å². The van der Waals surface area contributed by atoms with Gasteiger partial charge < -0.3 is 13.4 Å². The first kappa shape index (κ1) is 20.4. The number of aromatic nitrogens is 1. The number of nitrogens with zero attached hydrogens (tertiary/aromatic N) is 1. The molecule has 5 aromatic carbocycles. The Hall–Kier alpha value is -4.83. The Balaban J connectivity index is 1.49. The minimum atomic E-state index is 0.000747. The molecule has 0 aliphatic rings. The first-order chi connectivity index (χ1) is 18.1. The maximum atomic E-state index is 13.4. The highest BCUT2D eigenvalue weighted by atomic mass is 16.3. The molecule has 3 heterocycles. The molecule has 4 heteroatoms. The lowest BCUT2D eigenvalue weighted by molar-refractivity contribution is 0.656. The molecule has 0 spiro atoms. The van der Waals surface area contributed by atoms with E-state index in [-0.39, 0.29) is 5.43 Å². The maximum absolute atomic E-state index is 13.4. The molecule has 0 bridgehead atoms. The molecule has 4 nitrogen and oxygen atoms in total. The molecule has 8 aromatic rings. The van der Waals surface area contributed by atoms with Crippen molar-refractivity contribution in [3.8, 4) is 5.69 Å². The Kier molecular flexibility index (Phi) is 3.91. The molecule has 0 aliphatic carbocycles. The van der Waals surface area contributed by atoms with Gasteiger partial charge in [0, 0.05) is 27.9 Å². The van der Waals surface area contributed by atoms with Gasteiger partial charge >= 0.3 is 0 Å². The largest absolute Gasteiger partial charge is 0.455 e. The predicted octanol–water partition coefficient (Wildman–Crippen LogP) is 8.56. The van der Waals surface area contributed by atoms with E-state index in [0.29, 0.717) is 21.9 Å². The summed E-state index contributed by atoms with van der Waals surface area (Å²) in [6.45, 7) is 3.99. The number of fused-ring (bicyclic) bond motifs is 9. The third-order valence-electron chi connectivity index (χ3n) is 7.52. The second-order valence-electron chi connectivity index (χ2n) is 9.86. The van der Waals surface area contributed by atoms with Gasteiger partial charge in [-0.25, -0.2) is 0 Å². The van der Waals surface area contributed by atoms with Crippen LogP contribution in [0.25, 0.3) is 71.4 Å². The lowest BCUT2D eigenvalue weighted by Gasteiger charge is -2.10.